The summed E-state index contributed by atoms with van der Waals surface area (Å²) in [5.74, 6) is 2.66. The summed E-state index contributed by atoms with van der Waals surface area (Å²) in [5, 5.41) is 3.45. The van der Waals surface area contributed by atoms with Crippen molar-refractivity contribution in [2.45, 2.75) is 51.4 Å². The van der Waals surface area contributed by atoms with Crippen LogP contribution in [0.3, 0.4) is 0 Å². The number of aliphatic imine (C=N–C) groups is 1. The Bertz CT molecular complexity index is 656. The van der Waals surface area contributed by atoms with E-state index >= 15 is 0 Å². The van der Waals surface area contributed by atoms with Gasteiger partial charge >= 0.3 is 0 Å². The largest absolute Gasteiger partial charge is 0.493 e. The van der Waals surface area contributed by atoms with Gasteiger partial charge in [0.1, 0.15) is 11.9 Å². The van der Waals surface area contributed by atoms with Crippen molar-refractivity contribution in [1.29, 1.82) is 0 Å². The van der Waals surface area contributed by atoms with Crippen LogP contribution in [0.1, 0.15) is 38.2 Å². The normalized spacial score (nSPS) is 25.8. The van der Waals surface area contributed by atoms with Crippen molar-refractivity contribution in [2.75, 3.05) is 39.5 Å². The van der Waals surface area contributed by atoms with Crippen LogP contribution in [0.4, 0.5) is 0 Å². The van der Waals surface area contributed by atoms with Gasteiger partial charge in [-0.15, -0.1) is 0 Å². The number of hydrogen-bond acceptors (Lipinski definition) is 4. The van der Waals surface area contributed by atoms with Gasteiger partial charge in [-0.25, -0.2) is 4.99 Å². The van der Waals surface area contributed by atoms with E-state index in [2.05, 4.69) is 35.3 Å². The van der Waals surface area contributed by atoms with Crippen molar-refractivity contribution in [3.8, 4) is 5.75 Å². The molecular weight excluding hydrogens is 354 g/mol. The number of nitrogens with zero attached hydrogens (tertiary/aromatic N) is 2. The average Bonchev–Trinajstić information content (AvgIpc) is 3.40. The molecule has 0 bridgehead atoms. The molecule has 2 atom stereocenters. The molecule has 2 unspecified atom stereocenters. The van der Waals surface area contributed by atoms with E-state index < -0.39 is 0 Å². The van der Waals surface area contributed by atoms with E-state index in [1.165, 1.54) is 12.8 Å². The Balaban J connectivity index is 1.41. The van der Waals surface area contributed by atoms with Gasteiger partial charge in [0.05, 0.1) is 25.9 Å². The number of rotatable bonds is 7. The molecule has 0 spiro atoms. The van der Waals surface area contributed by atoms with Crippen molar-refractivity contribution in [1.82, 2.24) is 10.2 Å². The third kappa shape index (κ3) is 5.17. The van der Waals surface area contributed by atoms with Crippen LogP contribution < -0.4 is 10.1 Å². The summed E-state index contributed by atoms with van der Waals surface area (Å²) in [4.78, 5) is 7.24. The van der Waals surface area contributed by atoms with E-state index in [9.17, 15) is 0 Å². The molecular formula is C22H33N3O3. The molecule has 1 aromatic carbocycles. The first-order chi connectivity index (χ1) is 13.8. The summed E-state index contributed by atoms with van der Waals surface area (Å²) in [5.41, 5.74) is 1.14. The van der Waals surface area contributed by atoms with Crippen LogP contribution in [-0.4, -0.2) is 62.5 Å². The zero-order chi connectivity index (χ0) is 19.2. The molecule has 1 saturated carbocycles. The van der Waals surface area contributed by atoms with Crippen LogP contribution in [0.5, 0.6) is 5.75 Å². The Kier molecular flexibility index (Phi) is 6.70. The molecule has 0 amide bonds. The lowest BCUT2D eigenvalue weighted by atomic mass is 10.1. The standard InChI is InChI=1S/C22H33N3O3/c1-2-23-22(25-11-13-27-21(15-25)20-8-5-12-26-20)24-14-18-6-3-4-7-19(18)28-16-17-9-10-17/h3-4,6-7,17,20-21H,2,5,8-16H2,1H3,(H,23,24). The number of hydrogen-bond donors (Lipinski definition) is 1. The number of nitrogens with one attached hydrogen (secondary N) is 1. The SMILES string of the molecule is CCNC(=NCc1ccccc1OCC1CC1)N1CCOC(C2CCCO2)C1. The Labute approximate surface area is 168 Å². The molecule has 4 rings (SSSR count). The molecule has 1 N–H and O–H groups in total. The van der Waals surface area contributed by atoms with Gasteiger partial charge in [-0.1, -0.05) is 18.2 Å². The highest BCUT2D eigenvalue weighted by molar-refractivity contribution is 5.80. The minimum atomic E-state index is 0.134. The predicted octanol–water partition coefficient (Wildman–Crippen LogP) is 2.82. The fraction of sp³-hybridized carbons (Fsp3) is 0.682. The van der Waals surface area contributed by atoms with Gasteiger partial charge in [-0.2, -0.15) is 0 Å². The van der Waals surface area contributed by atoms with Crippen molar-refractivity contribution in [3.05, 3.63) is 29.8 Å². The van der Waals surface area contributed by atoms with Gasteiger partial charge in [-0.05, 0) is 44.6 Å². The molecule has 3 fully saturated rings. The molecule has 1 aromatic rings. The third-order valence-electron chi connectivity index (χ3n) is 5.65. The predicted molar refractivity (Wildman–Crippen MR) is 110 cm³/mol. The summed E-state index contributed by atoms with van der Waals surface area (Å²) in [7, 11) is 0. The summed E-state index contributed by atoms with van der Waals surface area (Å²) in [6.07, 6.45) is 5.19. The zero-order valence-corrected chi connectivity index (χ0v) is 16.9. The summed E-state index contributed by atoms with van der Waals surface area (Å²) in [6.45, 7) is 7.66. The summed E-state index contributed by atoms with van der Waals surface area (Å²) in [6, 6.07) is 8.27. The highest BCUT2D eigenvalue weighted by atomic mass is 16.5. The second-order valence-corrected chi connectivity index (χ2v) is 7.94. The Morgan fingerprint density at radius 2 is 2.04 bits per heavy atom. The number of ether oxygens (including phenoxy) is 3. The van der Waals surface area contributed by atoms with E-state index in [1.54, 1.807) is 0 Å². The molecule has 1 aliphatic carbocycles. The van der Waals surface area contributed by atoms with E-state index in [4.69, 9.17) is 19.2 Å². The quantitative estimate of drug-likeness (QED) is 0.576. The maximum atomic E-state index is 6.04. The Morgan fingerprint density at radius 1 is 1.18 bits per heavy atom. The summed E-state index contributed by atoms with van der Waals surface area (Å²) < 4.78 is 17.9. The minimum Gasteiger partial charge on any atom is -0.493 e. The van der Waals surface area contributed by atoms with Crippen molar-refractivity contribution in [3.63, 3.8) is 0 Å². The molecule has 3 aliphatic rings. The molecule has 154 valence electrons. The van der Waals surface area contributed by atoms with Gasteiger partial charge in [-0.3, -0.25) is 0 Å². The first kappa shape index (κ1) is 19.5. The lowest BCUT2D eigenvalue weighted by Gasteiger charge is -2.37. The van der Waals surface area contributed by atoms with Crippen molar-refractivity contribution in [2.24, 2.45) is 10.9 Å². The third-order valence-corrected chi connectivity index (χ3v) is 5.65. The molecule has 28 heavy (non-hydrogen) atoms. The maximum absolute atomic E-state index is 6.04. The van der Waals surface area contributed by atoms with Gasteiger partial charge < -0.3 is 24.4 Å². The van der Waals surface area contributed by atoms with E-state index in [0.717, 1.165) is 75.5 Å². The number of para-hydroxylation sites is 1. The average molecular weight is 388 g/mol. The fourth-order valence-electron chi connectivity index (χ4n) is 3.84. The van der Waals surface area contributed by atoms with Gasteiger partial charge in [0, 0.05) is 31.8 Å². The maximum Gasteiger partial charge on any atom is 0.194 e. The first-order valence-corrected chi connectivity index (χ1v) is 10.8. The molecule has 0 radical (unpaired) electrons. The van der Waals surface area contributed by atoms with E-state index in [1.807, 2.05) is 6.07 Å². The van der Waals surface area contributed by atoms with E-state index in [0.29, 0.717) is 6.54 Å². The Hall–Kier alpha value is -1.79. The van der Waals surface area contributed by atoms with Gasteiger partial charge in [0.2, 0.25) is 0 Å². The smallest absolute Gasteiger partial charge is 0.194 e. The monoisotopic (exact) mass is 387 g/mol. The molecule has 6 heteroatoms. The van der Waals surface area contributed by atoms with Gasteiger partial charge in [0.25, 0.3) is 0 Å². The Morgan fingerprint density at radius 3 is 2.82 bits per heavy atom. The fourth-order valence-corrected chi connectivity index (χ4v) is 3.84. The van der Waals surface area contributed by atoms with Gasteiger partial charge in [0.15, 0.2) is 5.96 Å². The number of guanidine groups is 1. The molecule has 2 aliphatic heterocycles. The number of benzene rings is 1. The second-order valence-electron chi connectivity index (χ2n) is 7.94. The molecule has 0 aromatic heterocycles. The van der Waals surface area contributed by atoms with Crippen molar-refractivity contribution < 1.29 is 14.2 Å². The topological polar surface area (TPSA) is 55.3 Å². The van der Waals surface area contributed by atoms with Crippen LogP contribution in [0, 0.1) is 5.92 Å². The van der Waals surface area contributed by atoms with E-state index in [-0.39, 0.29) is 12.2 Å². The summed E-state index contributed by atoms with van der Waals surface area (Å²) >= 11 is 0. The molecule has 6 nitrogen and oxygen atoms in total. The lowest BCUT2D eigenvalue weighted by Crippen LogP contribution is -2.53. The van der Waals surface area contributed by atoms with Crippen LogP contribution in [-0.2, 0) is 16.0 Å². The molecule has 2 heterocycles. The van der Waals surface area contributed by atoms with Crippen LogP contribution in [0.2, 0.25) is 0 Å². The second kappa shape index (κ2) is 9.61. The minimum absolute atomic E-state index is 0.134. The van der Waals surface area contributed by atoms with Crippen LogP contribution in [0.15, 0.2) is 29.3 Å². The highest BCUT2D eigenvalue weighted by Crippen LogP contribution is 2.30. The zero-order valence-electron chi connectivity index (χ0n) is 16.9. The number of morpholine rings is 1. The van der Waals surface area contributed by atoms with Crippen LogP contribution >= 0.6 is 0 Å². The van der Waals surface area contributed by atoms with Crippen LogP contribution in [0.25, 0.3) is 0 Å². The first-order valence-electron chi connectivity index (χ1n) is 10.8. The highest BCUT2D eigenvalue weighted by Gasteiger charge is 2.32. The molecule has 2 saturated heterocycles. The lowest BCUT2D eigenvalue weighted by molar-refractivity contribution is -0.0817. The van der Waals surface area contributed by atoms with Crippen molar-refractivity contribution >= 4 is 5.96 Å².